The molecule has 0 saturated heterocycles. The summed E-state index contributed by atoms with van der Waals surface area (Å²) in [5.74, 6) is 0. The lowest BCUT2D eigenvalue weighted by Crippen LogP contribution is -3.00. The van der Waals surface area contributed by atoms with E-state index >= 15 is 0 Å². The Kier molecular flexibility index (Phi) is 8.12. The Balaban J connectivity index is 0.00000274. The van der Waals surface area contributed by atoms with Crippen molar-refractivity contribution in [1.82, 2.24) is 0 Å². The van der Waals surface area contributed by atoms with Gasteiger partial charge >= 0.3 is 0 Å². The third-order valence-electron chi connectivity index (χ3n) is 6.35. The van der Waals surface area contributed by atoms with E-state index in [1.54, 1.807) is 0 Å². The average Bonchev–Trinajstić information content (AvgIpc) is 2.90. The molecule has 5 rings (SSSR count). The summed E-state index contributed by atoms with van der Waals surface area (Å²) in [4.78, 5) is 0. The van der Waals surface area contributed by atoms with Crippen LogP contribution < -0.4 is 32.9 Å². The van der Waals surface area contributed by atoms with Crippen LogP contribution >= 0.6 is 7.26 Å². The summed E-state index contributed by atoms with van der Waals surface area (Å²) < 4.78 is 0. The normalized spacial score (nSPS) is 10.9. The van der Waals surface area contributed by atoms with Crippen LogP contribution in [0, 0.1) is 0 Å². The van der Waals surface area contributed by atoms with Crippen LogP contribution in [0.2, 0.25) is 0 Å². The zero-order chi connectivity index (χ0) is 22.3. The van der Waals surface area contributed by atoms with Gasteiger partial charge in [-0.15, -0.1) is 0 Å². The lowest BCUT2D eigenvalue weighted by molar-refractivity contribution is -0.00000639. The second-order valence-corrected chi connectivity index (χ2v) is 11.9. The summed E-state index contributed by atoms with van der Waals surface area (Å²) in [6, 6.07) is 53.3. The van der Waals surface area contributed by atoms with Crippen molar-refractivity contribution >= 4 is 23.2 Å². The quantitative estimate of drug-likeness (QED) is 0.285. The first-order chi connectivity index (χ1) is 16.4. The van der Waals surface area contributed by atoms with Gasteiger partial charge < -0.3 is 17.0 Å². The van der Waals surface area contributed by atoms with Crippen molar-refractivity contribution in [3.8, 4) is 0 Å². The molecule has 0 aromatic heterocycles. The van der Waals surface area contributed by atoms with Gasteiger partial charge in [0.05, 0.1) is 6.16 Å². The molecular weight excluding hydrogens is 495 g/mol. The van der Waals surface area contributed by atoms with Crippen molar-refractivity contribution < 1.29 is 17.0 Å². The SMILES string of the molecule is [Br-].c1ccc(Cc2ccccc2C[P+](c2ccccc2)(c2ccccc2)c2ccccc2)cc1. The minimum absolute atomic E-state index is 0. The molecule has 0 bridgehead atoms. The van der Waals surface area contributed by atoms with Crippen LogP contribution in [0.15, 0.2) is 146 Å². The van der Waals surface area contributed by atoms with Gasteiger partial charge in [0.15, 0.2) is 0 Å². The fraction of sp³-hybridized carbons (Fsp3) is 0.0625. The van der Waals surface area contributed by atoms with E-state index in [9.17, 15) is 0 Å². The first-order valence-corrected chi connectivity index (χ1v) is 13.5. The third kappa shape index (κ3) is 5.07. The summed E-state index contributed by atoms with van der Waals surface area (Å²) in [6.07, 6.45) is 1.96. The predicted octanol–water partition coefficient (Wildman–Crippen LogP) is 3.78. The molecule has 0 heterocycles. The number of hydrogen-bond acceptors (Lipinski definition) is 0. The van der Waals surface area contributed by atoms with E-state index in [0.29, 0.717) is 0 Å². The van der Waals surface area contributed by atoms with Gasteiger partial charge in [0.1, 0.15) is 23.2 Å². The number of rotatable bonds is 7. The standard InChI is InChI=1S/C32H28P.BrH/c1-5-15-27(16-6-1)25-28-17-13-14-18-29(28)26-33(30-19-7-2-8-20-30,31-21-9-3-10-22-31)32-23-11-4-12-24-32;/h1-24H,25-26H2;1H/q+1;/p-1. The van der Waals surface area contributed by atoms with Crippen molar-refractivity contribution in [2.45, 2.75) is 12.6 Å². The van der Waals surface area contributed by atoms with Crippen LogP contribution in [0.5, 0.6) is 0 Å². The molecule has 2 heteroatoms. The Hall–Kier alpha value is -2.99. The number of benzene rings is 5. The molecule has 34 heavy (non-hydrogen) atoms. The fourth-order valence-corrected chi connectivity index (χ4v) is 9.03. The zero-order valence-electron chi connectivity index (χ0n) is 19.1. The summed E-state index contributed by atoms with van der Waals surface area (Å²) in [7, 11) is -1.91. The van der Waals surface area contributed by atoms with Crippen molar-refractivity contribution in [2.75, 3.05) is 0 Å². The van der Waals surface area contributed by atoms with Crippen molar-refractivity contribution in [1.29, 1.82) is 0 Å². The second kappa shape index (κ2) is 11.4. The highest BCUT2D eigenvalue weighted by molar-refractivity contribution is 7.95. The van der Waals surface area contributed by atoms with E-state index in [-0.39, 0.29) is 17.0 Å². The summed E-state index contributed by atoms with van der Waals surface area (Å²) in [5.41, 5.74) is 4.20. The lowest BCUT2D eigenvalue weighted by Gasteiger charge is -2.28. The topological polar surface area (TPSA) is 0 Å². The Morgan fingerprint density at radius 3 is 1.18 bits per heavy atom. The molecule has 168 valence electrons. The maximum Gasteiger partial charge on any atom is 0.116 e. The third-order valence-corrected chi connectivity index (χ3v) is 10.7. The van der Waals surface area contributed by atoms with Gasteiger partial charge in [-0.25, -0.2) is 0 Å². The molecule has 0 nitrogen and oxygen atoms in total. The predicted molar refractivity (Wildman–Crippen MR) is 145 cm³/mol. The van der Waals surface area contributed by atoms with Gasteiger partial charge in [0.25, 0.3) is 0 Å². The molecule has 0 N–H and O–H groups in total. The molecule has 0 aliphatic heterocycles. The van der Waals surface area contributed by atoms with E-state index in [2.05, 4.69) is 146 Å². The Bertz CT molecular complexity index is 1190. The van der Waals surface area contributed by atoms with Gasteiger partial charge in [-0.3, -0.25) is 0 Å². The van der Waals surface area contributed by atoms with Gasteiger partial charge in [-0.2, -0.15) is 0 Å². The highest BCUT2D eigenvalue weighted by Crippen LogP contribution is 2.58. The highest BCUT2D eigenvalue weighted by atomic mass is 79.9. The van der Waals surface area contributed by atoms with Crippen LogP contribution in [-0.4, -0.2) is 0 Å². The summed E-state index contributed by atoms with van der Waals surface area (Å²) >= 11 is 0. The first kappa shape index (κ1) is 24.1. The fourth-order valence-electron chi connectivity index (χ4n) is 4.72. The monoisotopic (exact) mass is 522 g/mol. The summed E-state index contributed by atoms with van der Waals surface area (Å²) in [6.45, 7) is 0. The smallest absolute Gasteiger partial charge is 0.116 e. The molecule has 0 atom stereocenters. The highest BCUT2D eigenvalue weighted by Gasteiger charge is 2.45. The van der Waals surface area contributed by atoms with E-state index in [1.165, 1.54) is 32.6 Å². The van der Waals surface area contributed by atoms with Crippen molar-refractivity contribution in [2.24, 2.45) is 0 Å². The average molecular weight is 523 g/mol. The molecule has 0 amide bonds. The zero-order valence-corrected chi connectivity index (χ0v) is 21.6. The van der Waals surface area contributed by atoms with E-state index in [0.717, 1.165) is 12.6 Å². The maximum absolute atomic E-state index is 2.34. The van der Waals surface area contributed by atoms with Gasteiger partial charge in [0, 0.05) is 0 Å². The van der Waals surface area contributed by atoms with Gasteiger partial charge in [0.2, 0.25) is 0 Å². The van der Waals surface area contributed by atoms with Crippen LogP contribution in [0.3, 0.4) is 0 Å². The maximum atomic E-state index is 2.34. The van der Waals surface area contributed by atoms with Crippen LogP contribution in [-0.2, 0) is 12.6 Å². The molecule has 5 aromatic carbocycles. The van der Waals surface area contributed by atoms with Gasteiger partial charge in [-0.1, -0.05) is 109 Å². The van der Waals surface area contributed by atoms with Crippen LogP contribution in [0.1, 0.15) is 16.7 Å². The minimum Gasteiger partial charge on any atom is -1.00 e. The first-order valence-electron chi connectivity index (χ1n) is 11.5. The largest absolute Gasteiger partial charge is 1.00 e. The second-order valence-electron chi connectivity index (χ2n) is 8.41. The molecule has 0 unspecified atom stereocenters. The molecule has 0 aliphatic rings. The van der Waals surface area contributed by atoms with Crippen molar-refractivity contribution in [3.63, 3.8) is 0 Å². The van der Waals surface area contributed by atoms with E-state index in [1.807, 2.05) is 0 Å². The lowest BCUT2D eigenvalue weighted by atomic mass is 10.0. The van der Waals surface area contributed by atoms with Crippen LogP contribution in [0.25, 0.3) is 0 Å². The molecular formula is C32H28BrP. The molecule has 5 aromatic rings. The number of halogens is 1. The summed E-state index contributed by atoms with van der Waals surface area (Å²) in [5, 5.41) is 4.28. The van der Waals surface area contributed by atoms with Crippen LogP contribution in [0.4, 0.5) is 0 Å². The molecule has 0 spiro atoms. The van der Waals surface area contributed by atoms with E-state index in [4.69, 9.17) is 0 Å². The Morgan fingerprint density at radius 2 is 0.735 bits per heavy atom. The Labute approximate surface area is 214 Å². The molecule has 0 fully saturated rings. The molecule has 0 saturated carbocycles. The minimum atomic E-state index is -1.91. The van der Waals surface area contributed by atoms with E-state index < -0.39 is 7.26 Å². The van der Waals surface area contributed by atoms with Crippen molar-refractivity contribution in [3.05, 3.63) is 162 Å². The Morgan fingerprint density at radius 1 is 0.382 bits per heavy atom. The number of hydrogen-bond donors (Lipinski definition) is 0. The van der Waals surface area contributed by atoms with Gasteiger partial charge in [-0.05, 0) is 59.5 Å². The molecule has 0 radical (unpaired) electrons. The molecule has 0 aliphatic carbocycles.